The second kappa shape index (κ2) is 4.60. The summed E-state index contributed by atoms with van der Waals surface area (Å²) in [6.45, 7) is 4.97. The zero-order valence-corrected chi connectivity index (χ0v) is 11.0. The summed E-state index contributed by atoms with van der Waals surface area (Å²) in [4.78, 5) is 10.7. The van der Waals surface area contributed by atoms with Gasteiger partial charge in [0.1, 0.15) is 11.6 Å². The average Bonchev–Trinajstić information content (AvgIpc) is 2.28. The van der Waals surface area contributed by atoms with Crippen molar-refractivity contribution >= 4 is 15.7 Å². The number of rotatable bonds is 2. The lowest BCUT2D eigenvalue weighted by atomic mass is 10.3. The van der Waals surface area contributed by atoms with Crippen LogP contribution in [0.1, 0.15) is 18.4 Å². The molecule has 1 aromatic rings. The number of hydrogen-bond acceptors (Lipinski definition) is 5. The van der Waals surface area contributed by atoms with Crippen molar-refractivity contribution in [3.63, 3.8) is 0 Å². The van der Waals surface area contributed by atoms with E-state index in [9.17, 15) is 8.42 Å². The molecule has 5 nitrogen and oxygen atoms in total. The first kappa shape index (κ1) is 12.3. The Kier molecular flexibility index (Phi) is 3.33. The van der Waals surface area contributed by atoms with Crippen LogP contribution in [0.15, 0.2) is 6.07 Å². The van der Waals surface area contributed by atoms with Gasteiger partial charge in [-0.05, 0) is 13.3 Å². The van der Waals surface area contributed by atoms with E-state index in [0.29, 0.717) is 13.1 Å². The molecule has 1 fully saturated rings. The molecule has 94 valence electrons. The highest BCUT2D eigenvalue weighted by molar-refractivity contribution is 7.91. The van der Waals surface area contributed by atoms with Crippen LogP contribution in [0.5, 0.6) is 0 Å². The molecule has 1 aromatic heterocycles. The topological polar surface area (TPSA) is 63.2 Å². The molecule has 2 rings (SSSR count). The van der Waals surface area contributed by atoms with Crippen molar-refractivity contribution in [1.29, 1.82) is 0 Å². The third kappa shape index (κ3) is 2.94. The monoisotopic (exact) mass is 255 g/mol. The van der Waals surface area contributed by atoms with Crippen LogP contribution >= 0.6 is 0 Å². The van der Waals surface area contributed by atoms with E-state index in [0.717, 1.165) is 23.8 Å². The van der Waals surface area contributed by atoms with Crippen molar-refractivity contribution in [3.8, 4) is 0 Å². The molecule has 0 N–H and O–H groups in total. The Bertz CT molecular complexity index is 499. The summed E-state index contributed by atoms with van der Waals surface area (Å²) < 4.78 is 22.7. The minimum absolute atomic E-state index is 0.220. The number of anilines is 1. The molecular weight excluding hydrogens is 238 g/mol. The second-order valence-electron chi connectivity index (χ2n) is 4.26. The molecule has 0 saturated carbocycles. The van der Waals surface area contributed by atoms with Gasteiger partial charge >= 0.3 is 0 Å². The first-order chi connectivity index (χ1) is 8.00. The van der Waals surface area contributed by atoms with Gasteiger partial charge in [0, 0.05) is 24.8 Å². The van der Waals surface area contributed by atoms with E-state index in [2.05, 4.69) is 9.97 Å². The highest BCUT2D eigenvalue weighted by Crippen LogP contribution is 2.16. The van der Waals surface area contributed by atoms with Crippen molar-refractivity contribution in [2.24, 2.45) is 0 Å². The van der Waals surface area contributed by atoms with Crippen LogP contribution in [-0.2, 0) is 16.3 Å². The van der Waals surface area contributed by atoms with Gasteiger partial charge in [-0.3, -0.25) is 0 Å². The van der Waals surface area contributed by atoms with E-state index in [1.165, 1.54) is 0 Å². The van der Waals surface area contributed by atoms with Gasteiger partial charge in [0.05, 0.1) is 11.5 Å². The van der Waals surface area contributed by atoms with Crippen LogP contribution < -0.4 is 4.90 Å². The smallest absolute Gasteiger partial charge is 0.153 e. The zero-order valence-electron chi connectivity index (χ0n) is 10.2. The number of aryl methyl sites for hydroxylation is 2. The number of hydrogen-bond donors (Lipinski definition) is 0. The molecule has 1 saturated heterocycles. The van der Waals surface area contributed by atoms with Crippen molar-refractivity contribution in [1.82, 2.24) is 9.97 Å². The van der Waals surface area contributed by atoms with Gasteiger partial charge in [0.2, 0.25) is 0 Å². The van der Waals surface area contributed by atoms with E-state index in [4.69, 9.17) is 0 Å². The minimum Gasteiger partial charge on any atom is -0.354 e. The van der Waals surface area contributed by atoms with Crippen LogP contribution in [-0.4, -0.2) is 43.0 Å². The van der Waals surface area contributed by atoms with Gasteiger partial charge < -0.3 is 4.90 Å². The molecule has 0 radical (unpaired) electrons. The molecule has 0 bridgehead atoms. The summed E-state index contributed by atoms with van der Waals surface area (Å²) in [5.41, 5.74) is 1.00. The standard InChI is InChI=1S/C11H17N3O2S/c1-3-10-8-11(13-9(2)12-10)14-4-6-17(15,16)7-5-14/h8H,3-7H2,1-2H3. The lowest BCUT2D eigenvalue weighted by molar-refractivity contribution is 0.586. The summed E-state index contributed by atoms with van der Waals surface area (Å²) in [6.07, 6.45) is 0.864. The second-order valence-corrected chi connectivity index (χ2v) is 6.56. The normalized spacial score (nSPS) is 19.3. The molecule has 0 aliphatic carbocycles. The van der Waals surface area contributed by atoms with E-state index in [1.807, 2.05) is 24.8 Å². The van der Waals surface area contributed by atoms with Crippen LogP contribution in [0.3, 0.4) is 0 Å². The average molecular weight is 255 g/mol. The van der Waals surface area contributed by atoms with E-state index >= 15 is 0 Å². The molecule has 0 unspecified atom stereocenters. The molecule has 2 heterocycles. The molecule has 17 heavy (non-hydrogen) atoms. The Balaban J connectivity index is 2.21. The van der Waals surface area contributed by atoms with E-state index < -0.39 is 9.84 Å². The number of nitrogens with zero attached hydrogens (tertiary/aromatic N) is 3. The minimum atomic E-state index is -2.83. The van der Waals surface area contributed by atoms with Crippen LogP contribution in [0.2, 0.25) is 0 Å². The Hall–Kier alpha value is -1.17. The van der Waals surface area contributed by atoms with Crippen LogP contribution in [0.4, 0.5) is 5.82 Å². The Morgan fingerprint density at radius 2 is 1.94 bits per heavy atom. The molecule has 0 aromatic carbocycles. The summed E-state index contributed by atoms with van der Waals surface area (Å²) >= 11 is 0. The summed E-state index contributed by atoms with van der Waals surface area (Å²) in [6, 6.07) is 1.95. The van der Waals surface area contributed by atoms with Gasteiger partial charge in [-0.25, -0.2) is 18.4 Å². The van der Waals surface area contributed by atoms with Crippen molar-refractivity contribution in [3.05, 3.63) is 17.6 Å². The van der Waals surface area contributed by atoms with Gasteiger partial charge in [-0.15, -0.1) is 0 Å². The van der Waals surface area contributed by atoms with Crippen molar-refractivity contribution in [2.45, 2.75) is 20.3 Å². The largest absolute Gasteiger partial charge is 0.354 e. The lowest BCUT2D eigenvalue weighted by Crippen LogP contribution is -2.40. The lowest BCUT2D eigenvalue weighted by Gasteiger charge is -2.28. The first-order valence-electron chi connectivity index (χ1n) is 5.80. The fourth-order valence-corrected chi connectivity index (χ4v) is 3.10. The third-order valence-corrected chi connectivity index (χ3v) is 4.52. The van der Waals surface area contributed by atoms with Crippen molar-refractivity contribution < 1.29 is 8.42 Å². The summed E-state index contributed by atoms with van der Waals surface area (Å²) in [7, 11) is -2.83. The van der Waals surface area contributed by atoms with Crippen molar-refractivity contribution in [2.75, 3.05) is 29.5 Å². The maximum atomic E-state index is 11.4. The molecular formula is C11H17N3O2S. The van der Waals surface area contributed by atoms with Gasteiger partial charge in [-0.2, -0.15) is 0 Å². The van der Waals surface area contributed by atoms with Gasteiger partial charge in [-0.1, -0.05) is 6.92 Å². The summed E-state index contributed by atoms with van der Waals surface area (Å²) in [5, 5.41) is 0. The molecule has 0 spiro atoms. The number of aromatic nitrogens is 2. The number of sulfone groups is 1. The van der Waals surface area contributed by atoms with E-state index in [1.54, 1.807) is 0 Å². The van der Waals surface area contributed by atoms with Crippen LogP contribution in [0, 0.1) is 6.92 Å². The third-order valence-electron chi connectivity index (χ3n) is 2.91. The van der Waals surface area contributed by atoms with Gasteiger partial charge in [0.25, 0.3) is 0 Å². The van der Waals surface area contributed by atoms with Crippen LogP contribution in [0.25, 0.3) is 0 Å². The maximum Gasteiger partial charge on any atom is 0.153 e. The molecule has 1 aliphatic heterocycles. The predicted molar refractivity (Wildman–Crippen MR) is 67.0 cm³/mol. The molecule has 0 amide bonds. The van der Waals surface area contributed by atoms with Gasteiger partial charge in [0.15, 0.2) is 9.84 Å². The highest BCUT2D eigenvalue weighted by atomic mass is 32.2. The Labute approximate surface area is 102 Å². The summed E-state index contributed by atoms with van der Waals surface area (Å²) in [5.74, 6) is 2.03. The quantitative estimate of drug-likeness (QED) is 0.773. The Morgan fingerprint density at radius 3 is 2.53 bits per heavy atom. The Morgan fingerprint density at radius 1 is 1.29 bits per heavy atom. The van der Waals surface area contributed by atoms with E-state index in [-0.39, 0.29) is 11.5 Å². The zero-order chi connectivity index (χ0) is 12.5. The fraction of sp³-hybridized carbons (Fsp3) is 0.636. The molecule has 1 aliphatic rings. The molecule has 0 atom stereocenters. The maximum absolute atomic E-state index is 11.4. The fourth-order valence-electron chi connectivity index (χ4n) is 1.90. The predicted octanol–water partition coefficient (Wildman–Crippen LogP) is 0.582. The SMILES string of the molecule is CCc1cc(N2CCS(=O)(=O)CC2)nc(C)n1. The molecule has 6 heteroatoms. The highest BCUT2D eigenvalue weighted by Gasteiger charge is 2.22. The first-order valence-corrected chi connectivity index (χ1v) is 7.62.